The Bertz CT molecular complexity index is 3620. The molecule has 0 aliphatic rings. The molecule has 0 unspecified atom stereocenters. The molecule has 60 heavy (non-hydrogen) atoms. The molecule has 0 fully saturated rings. The first kappa shape index (κ1) is 32.9. The summed E-state index contributed by atoms with van der Waals surface area (Å²) in [6.07, 6.45) is 5.91. The zero-order valence-corrected chi connectivity index (χ0v) is 32.4. The first-order valence-electron chi connectivity index (χ1n) is 20.5. The van der Waals surface area contributed by atoms with Crippen LogP contribution in [0.3, 0.4) is 0 Å². The van der Waals surface area contributed by atoms with E-state index in [1.165, 1.54) is 54.1 Å². The molecular weight excluding hydrogens is 729 g/mol. The minimum absolute atomic E-state index is 0.957. The van der Waals surface area contributed by atoms with E-state index in [0.29, 0.717) is 0 Å². The van der Waals surface area contributed by atoms with Crippen molar-refractivity contribution in [2.24, 2.45) is 0 Å². The molecule has 0 bridgehead atoms. The number of fused-ring (bicyclic) bond motifs is 13. The topological polar surface area (TPSA) is 35.6 Å². The fourth-order valence-electron chi connectivity index (χ4n) is 10.1. The van der Waals surface area contributed by atoms with Gasteiger partial charge in [0.15, 0.2) is 0 Å². The van der Waals surface area contributed by atoms with Gasteiger partial charge in [-0.05, 0) is 86.6 Å². The number of nitrogens with zero attached hydrogens (tertiary/aromatic N) is 4. The van der Waals surface area contributed by atoms with E-state index in [1.54, 1.807) is 0 Å². The van der Waals surface area contributed by atoms with Gasteiger partial charge in [0.2, 0.25) is 0 Å². The van der Waals surface area contributed by atoms with Gasteiger partial charge in [0, 0.05) is 61.5 Å². The van der Waals surface area contributed by atoms with Gasteiger partial charge in [-0.25, -0.2) is 0 Å². The predicted octanol–water partition coefficient (Wildman–Crippen LogP) is 14.6. The highest BCUT2D eigenvalue weighted by molar-refractivity contribution is 6.24. The molecule has 0 saturated heterocycles. The highest BCUT2D eigenvalue weighted by atomic mass is 15.0. The Morgan fingerprint density at radius 2 is 0.883 bits per heavy atom. The molecule has 13 aromatic rings. The molecule has 0 atom stereocenters. The third-order valence-corrected chi connectivity index (χ3v) is 12.6. The molecule has 9 aromatic carbocycles. The van der Waals surface area contributed by atoms with Crippen LogP contribution in [0, 0.1) is 0 Å². The van der Waals surface area contributed by atoms with E-state index in [4.69, 9.17) is 4.98 Å². The van der Waals surface area contributed by atoms with Crippen LogP contribution in [0.4, 0.5) is 0 Å². The maximum Gasteiger partial charge on any atom is 0.0788 e. The van der Waals surface area contributed by atoms with Gasteiger partial charge in [-0.2, -0.15) is 0 Å². The molecule has 0 radical (unpaired) electrons. The lowest BCUT2D eigenvalue weighted by Crippen LogP contribution is -1.99. The van der Waals surface area contributed by atoms with E-state index in [-0.39, 0.29) is 0 Å². The van der Waals surface area contributed by atoms with E-state index in [9.17, 15) is 0 Å². The summed E-state index contributed by atoms with van der Waals surface area (Å²) in [5, 5.41) is 13.3. The van der Waals surface area contributed by atoms with E-state index < -0.39 is 0 Å². The van der Waals surface area contributed by atoms with Crippen molar-refractivity contribution in [1.29, 1.82) is 0 Å². The molecule has 0 spiro atoms. The van der Waals surface area contributed by atoms with Crippen molar-refractivity contribution in [2.75, 3.05) is 0 Å². The Hall–Kier alpha value is -8.08. The minimum Gasteiger partial charge on any atom is -0.309 e. The lowest BCUT2D eigenvalue weighted by Gasteiger charge is -2.20. The predicted molar refractivity (Wildman–Crippen MR) is 252 cm³/mol. The maximum atomic E-state index is 5.44. The van der Waals surface area contributed by atoms with Crippen molar-refractivity contribution in [3.63, 3.8) is 0 Å². The van der Waals surface area contributed by atoms with Crippen molar-refractivity contribution >= 4 is 86.8 Å². The molecule has 4 heteroatoms. The summed E-state index contributed by atoms with van der Waals surface area (Å²) >= 11 is 0. The fourth-order valence-corrected chi connectivity index (χ4v) is 10.1. The van der Waals surface area contributed by atoms with Crippen LogP contribution in [-0.2, 0) is 0 Å². The van der Waals surface area contributed by atoms with Crippen LogP contribution in [-0.4, -0.2) is 19.1 Å². The molecule has 0 aliphatic heterocycles. The summed E-state index contributed by atoms with van der Waals surface area (Å²) in [4.78, 5) is 10.1. The quantitative estimate of drug-likeness (QED) is 0.167. The Balaban J connectivity index is 1.15. The molecule has 13 rings (SSSR count). The van der Waals surface area contributed by atoms with Crippen molar-refractivity contribution in [3.8, 4) is 33.6 Å². The average molecular weight is 763 g/mol. The summed E-state index contributed by atoms with van der Waals surface area (Å²) in [6, 6.07) is 68.3. The first-order chi connectivity index (χ1) is 29.8. The van der Waals surface area contributed by atoms with Crippen LogP contribution in [0.25, 0.3) is 120 Å². The number of benzene rings is 9. The van der Waals surface area contributed by atoms with Crippen molar-refractivity contribution < 1.29 is 0 Å². The summed E-state index contributed by atoms with van der Waals surface area (Å²) in [5.74, 6) is 0. The summed E-state index contributed by atoms with van der Waals surface area (Å²) in [7, 11) is 0. The highest BCUT2D eigenvalue weighted by Gasteiger charge is 2.23. The number of pyridine rings is 2. The molecule has 278 valence electrons. The van der Waals surface area contributed by atoms with Gasteiger partial charge < -0.3 is 9.13 Å². The van der Waals surface area contributed by atoms with Crippen LogP contribution in [0.15, 0.2) is 207 Å². The SMILES string of the molecule is c1ccc(-c2c(-c3cccnc3)c3cc(-n4c5ccccc5c5c6ccccc6ccc54)cnc3c3ccc(-n4c5ccccc5c5c6ccccc6ccc54)cc23)cc1. The van der Waals surface area contributed by atoms with Crippen molar-refractivity contribution in [2.45, 2.75) is 0 Å². The van der Waals surface area contributed by atoms with Gasteiger partial charge in [0.05, 0.1) is 39.5 Å². The van der Waals surface area contributed by atoms with Gasteiger partial charge in [0.25, 0.3) is 0 Å². The summed E-state index contributed by atoms with van der Waals surface area (Å²) < 4.78 is 4.82. The van der Waals surface area contributed by atoms with E-state index in [2.05, 4.69) is 202 Å². The van der Waals surface area contributed by atoms with Crippen LogP contribution in [0.5, 0.6) is 0 Å². The largest absolute Gasteiger partial charge is 0.309 e. The van der Waals surface area contributed by atoms with Crippen LogP contribution < -0.4 is 0 Å². The van der Waals surface area contributed by atoms with Crippen molar-refractivity contribution in [3.05, 3.63) is 207 Å². The fraction of sp³-hybridized carbons (Fsp3) is 0. The summed E-state index contributed by atoms with van der Waals surface area (Å²) in [6.45, 7) is 0. The molecule has 4 heterocycles. The number of hydrogen-bond acceptors (Lipinski definition) is 2. The maximum absolute atomic E-state index is 5.44. The zero-order valence-electron chi connectivity index (χ0n) is 32.4. The molecule has 4 aromatic heterocycles. The third kappa shape index (κ3) is 4.67. The van der Waals surface area contributed by atoms with E-state index >= 15 is 0 Å². The molecule has 0 saturated carbocycles. The standard InChI is InChI=1S/C56H34N4/c1-2-15-37(16-3-1)52-46-31-39(59-48-22-10-8-20-44(48)54-41-18-6-4-13-35(41)24-28-50(54)59)26-27-43(46)56-47(53(52)38-17-12-30-57-33-38)32-40(34-58-56)60-49-23-11-9-21-45(49)55-42-19-7-5-14-36(42)25-29-51(55)60/h1-34H. The first-order valence-corrected chi connectivity index (χ1v) is 20.5. The Labute approximate surface area is 344 Å². The smallest absolute Gasteiger partial charge is 0.0788 e. The molecule has 0 aliphatic carbocycles. The molecule has 0 amide bonds. The number of hydrogen-bond donors (Lipinski definition) is 0. The lowest BCUT2D eigenvalue weighted by atomic mass is 9.86. The highest BCUT2D eigenvalue weighted by Crippen LogP contribution is 2.47. The van der Waals surface area contributed by atoms with Gasteiger partial charge >= 0.3 is 0 Å². The van der Waals surface area contributed by atoms with Gasteiger partial charge in [-0.1, -0.05) is 140 Å². The van der Waals surface area contributed by atoms with Crippen molar-refractivity contribution in [1.82, 2.24) is 19.1 Å². The second-order valence-corrected chi connectivity index (χ2v) is 15.7. The second kappa shape index (κ2) is 12.7. The van der Waals surface area contributed by atoms with Gasteiger partial charge in [0.1, 0.15) is 0 Å². The Kier molecular flexibility index (Phi) is 6.98. The van der Waals surface area contributed by atoms with Crippen LogP contribution >= 0.6 is 0 Å². The number of rotatable bonds is 4. The third-order valence-electron chi connectivity index (χ3n) is 12.6. The van der Waals surface area contributed by atoms with Crippen LogP contribution in [0.2, 0.25) is 0 Å². The molecular formula is C56H34N4. The van der Waals surface area contributed by atoms with Gasteiger partial charge in [-0.15, -0.1) is 0 Å². The minimum atomic E-state index is 0.957. The van der Waals surface area contributed by atoms with Gasteiger partial charge in [-0.3, -0.25) is 9.97 Å². The molecule has 4 nitrogen and oxygen atoms in total. The van der Waals surface area contributed by atoms with E-state index in [1.807, 2.05) is 18.5 Å². The Morgan fingerprint density at radius 3 is 1.53 bits per heavy atom. The number of aromatic nitrogens is 4. The monoisotopic (exact) mass is 762 g/mol. The second-order valence-electron chi connectivity index (χ2n) is 15.7. The zero-order chi connectivity index (χ0) is 39.3. The Morgan fingerprint density at radius 1 is 0.333 bits per heavy atom. The lowest BCUT2D eigenvalue weighted by molar-refractivity contribution is 1.16. The van der Waals surface area contributed by atoms with E-state index in [0.717, 1.165) is 66.3 Å². The molecule has 0 N–H and O–H groups in total. The average Bonchev–Trinajstić information content (AvgIpc) is 3.85. The number of para-hydroxylation sites is 2. The van der Waals surface area contributed by atoms with Crippen LogP contribution in [0.1, 0.15) is 0 Å². The normalized spacial score (nSPS) is 12.0. The summed E-state index contributed by atoms with van der Waals surface area (Å²) in [5.41, 5.74) is 12.2.